The first-order valence-electron chi connectivity index (χ1n) is 9.19. The molecule has 4 aromatic rings. The Morgan fingerprint density at radius 3 is 2.86 bits per heavy atom. The molecule has 0 spiro atoms. The Morgan fingerprint density at radius 1 is 1.10 bits per heavy atom. The number of thiophene rings is 1. The van der Waals surface area contributed by atoms with E-state index in [1.807, 2.05) is 18.2 Å². The topological polar surface area (TPSA) is 83.2 Å². The number of thioether (sulfide) groups is 1. The molecule has 9 heteroatoms. The van der Waals surface area contributed by atoms with E-state index in [1.165, 1.54) is 22.2 Å². The summed E-state index contributed by atoms with van der Waals surface area (Å²) in [5, 5.41) is 10.6. The van der Waals surface area contributed by atoms with Crippen LogP contribution in [0.5, 0.6) is 11.5 Å². The van der Waals surface area contributed by atoms with Crippen LogP contribution < -0.4 is 9.47 Å². The van der Waals surface area contributed by atoms with Crippen molar-refractivity contribution >= 4 is 33.3 Å². The van der Waals surface area contributed by atoms with Crippen LogP contribution in [0.4, 0.5) is 0 Å². The molecule has 1 aliphatic rings. The molecule has 5 rings (SSSR count). The normalized spacial score (nSPS) is 13.0. The third-order valence-corrected chi connectivity index (χ3v) is 7.07. The first-order chi connectivity index (χ1) is 14.3. The van der Waals surface area contributed by atoms with Crippen LogP contribution in [-0.4, -0.2) is 34.4 Å². The van der Waals surface area contributed by atoms with E-state index >= 15 is 0 Å². The Labute approximate surface area is 175 Å². The van der Waals surface area contributed by atoms with Crippen molar-refractivity contribution in [1.82, 2.24) is 20.2 Å². The van der Waals surface area contributed by atoms with Crippen molar-refractivity contribution in [2.24, 2.45) is 0 Å². The molecule has 0 amide bonds. The van der Waals surface area contributed by atoms with Gasteiger partial charge in [-0.2, -0.15) is 0 Å². The molecule has 1 aliphatic carbocycles. The van der Waals surface area contributed by atoms with Gasteiger partial charge < -0.3 is 13.9 Å². The Kier molecular flexibility index (Phi) is 4.84. The van der Waals surface area contributed by atoms with Gasteiger partial charge >= 0.3 is 0 Å². The van der Waals surface area contributed by atoms with Gasteiger partial charge in [0.15, 0.2) is 11.5 Å². The van der Waals surface area contributed by atoms with Gasteiger partial charge in [-0.05, 0) is 43.0 Å². The number of aromatic nitrogens is 4. The van der Waals surface area contributed by atoms with E-state index in [0.29, 0.717) is 29.0 Å². The van der Waals surface area contributed by atoms with Gasteiger partial charge in [-0.25, -0.2) is 9.97 Å². The highest BCUT2D eigenvalue weighted by Crippen LogP contribution is 2.40. The molecule has 0 atom stereocenters. The molecule has 0 fully saturated rings. The molecule has 7 nitrogen and oxygen atoms in total. The number of aryl methyl sites for hydroxylation is 2. The summed E-state index contributed by atoms with van der Waals surface area (Å²) >= 11 is 3.40. The zero-order valence-electron chi connectivity index (χ0n) is 16.0. The summed E-state index contributed by atoms with van der Waals surface area (Å²) in [7, 11) is 3.20. The third-order valence-electron chi connectivity index (χ3n) is 4.90. The summed E-state index contributed by atoms with van der Waals surface area (Å²) in [6.07, 6.45) is 5.12. The van der Waals surface area contributed by atoms with Crippen molar-refractivity contribution in [2.45, 2.75) is 30.0 Å². The number of ether oxygens (including phenoxy) is 2. The van der Waals surface area contributed by atoms with Crippen molar-refractivity contribution in [3.8, 4) is 23.0 Å². The van der Waals surface area contributed by atoms with Crippen LogP contribution in [0.15, 0.2) is 34.0 Å². The minimum absolute atomic E-state index is 0.450. The molecule has 3 heterocycles. The molecule has 0 radical (unpaired) electrons. The zero-order chi connectivity index (χ0) is 19.8. The van der Waals surface area contributed by atoms with Crippen molar-refractivity contribution < 1.29 is 13.9 Å². The number of methoxy groups -OCH3 is 2. The van der Waals surface area contributed by atoms with Crippen LogP contribution in [0.1, 0.15) is 22.8 Å². The van der Waals surface area contributed by atoms with Gasteiger partial charge in [0.2, 0.25) is 11.8 Å². The van der Waals surface area contributed by atoms with Gasteiger partial charge in [0.25, 0.3) is 0 Å². The first-order valence-corrected chi connectivity index (χ1v) is 11.0. The van der Waals surface area contributed by atoms with Crippen LogP contribution in [0, 0.1) is 0 Å². The second-order valence-electron chi connectivity index (χ2n) is 6.58. The predicted octanol–water partition coefficient (Wildman–Crippen LogP) is 4.54. The van der Waals surface area contributed by atoms with Crippen molar-refractivity contribution in [2.75, 3.05) is 14.2 Å². The van der Waals surface area contributed by atoms with E-state index in [9.17, 15) is 0 Å². The standard InChI is InChI=1S/C20H18N4O3S2/c1-25-13-7-6-11(8-14(13)26-2)18-24-23-16(27-18)9-28-19-17-12-4-3-5-15(12)29-20(17)22-10-21-19/h6-8,10H,3-5,9H2,1-2H3. The average molecular weight is 427 g/mol. The smallest absolute Gasteiger partial charge is 0.247 e. The molecular formula is C20H18N4O3S2. The maximum atomic E-state index is 5.87. The van der Waals surface area contributed by atoms with E-state index in [1.54, 1.807) is 43.6 Å². The van der Waals surface area contributed by atoms with Crippen LogP contribution in [-0.2, 0) is 18.6 Å². The second-order valence-corrected chi connectivity index (χ2v) is 8.62. The van der Waals surface area contributed by atoms with Crippen molar-refractivity contribution in [1.29, 1.82) is 0 Å². The number of fused-ring (bicyclic) bond motifs is 3. The number of hydrogen-bond acceptors (Lipinski definition) is 9. The quantitative estimate of drug-likeness (QED) is 0.328. The van der Waals surface area contributed by atoms with E-state index in [2.05, 4.69) is 20.2 Å². The number of benzene rings is 1. The predicted molar refractivity (Wildman–Crippen MR) is 112 cm³/mol. The molecule has 0 bridgehead atoms. The Morgan fingerprint density at radius 2 is 2.00 bits per heavy atom. The van der Waals surface area contributed by atoms with Gasteiger partial charge in [0.05, 0.1) is 20.0 Å². The lowest BCUT2D eigenvalue weighted by molar-refractivity contribution is 0.355. The Bertz CT molecular complexity index is 1190. The van der Waals surface area contributed by atoms with E-state index in [-0.39, 0.29) is 0 Å². The summed E-state index contributed by atoms with van der Waals surface area (Å²) in [4.78, 5) is 11.5. The van der Waals surface area contributed by atoms with E-state index in [0.717, 1.165) is 28.3 Å². The monoisotopic (exact) mass is 426 g/mol. The lowest BCUT2D eigenvalue weighted by Gasteiger charge is -2.07. The fraction of sp³-hybridized carbons (Fsp3) is 0.300. The lowest BCUT2D eigenvalue weighted by atomic mass is 10.2. The molecule has 0 aliphatic heterocycles. The first kappa shape index (κ1) is 18.4. The summed E-state index contributed by atoms with van der Waals surface area (Å²) in [5.74, 6) is 2.83. The number of nitrogens with zero attached hydrogens (tertiary/aromatic N) is 4. The Hall–Kier alpha value is -2.65. The molecular weight excluding hydrogens is 408 g/mol. The van der Waals surface area contributed by atoms with Crippen LogP contribution in [0.2, 0.25) is 0 Å². The lowest BCUT2D eigenvalue weighted by Crippen LogP contribution is -1.90. The number of rotatable bonds is 6. The molecule has 0 unspecified atom stereocenters. The van der Waals surface area contributed by atoms with Gasteiger partial charge in [-0.1, -0.05) is 11.8 Å². The molecule has 0 saturated carbocycles. The largest absolute Gasteiger partial charge is 0.493 e. The summed E-state index contributed by atoms with van der Waals surface area (Å²) in [6.45, 7) is 0. The van der Waals surface area contributed by atoms with Crippen LogP contribution in [0.3, 0.4) is 0 Å². The van der Waals surface area contributed by atoms with Gasteiger partial charge in [0.1, 0.15) is 16.2 Å². The van der Waals surface area contributed by atoms with Crippen LogP contribution >= 0.6 is 23.1 Å². The summed E-state index contributed by atoms with van der Waals surface area (Å²) in [5.41, 5.74) is 2.20. The second kappa shape index (κ2) is 7.64. The fourth-order valence-electron chi connectivity index (χ4n) is 3.54. The minimum Gasteiger partial charge on any atom is -0.493 e. The van der Waals surface area contributed by atoms with Gasteiger partial charge in [-0.15, -0.1) is 21.5 Å². The summed E-state index contributed by atoms with van der Waals surface area (Å²) < 4.78 is 16.5. The molecule has 1 aromatic carbocycles. The fourth-order valence-corrected chi connectivity index (χ4v) is 5.69. The highest BCUT2D eigenvalue weighted by atomic mass is 32.2. The minimum atomic E-state index is 0.450. The van der Waals surface area contributed by atoms with E-state index < -0.39 is 0 Å². The highest BCUT2D eigenvalue weighted by Gasteiger charge is 2.22. The van der Waals surface area contributed by atoms with Crippen LogP contribution in [0.25, 0.3) is 21.7 Å². The molecule has 29 heavy (non-hydrogen) atoms. The summed E-state index contributed by atoms with van der Waals surface area (Å²) in [6, 6.07) is 5.52. The maximum Gasteiger partial charge on any atom is 0.247 e. The van der Waals surface area contributed by atoms with Crippen molar-refractivity contribution in [3.05, 3.63) is 40.9 Å². The Balaban J connectivity index is 1.37. The SMILES string of the molecule is COc1ccc(-c2nnc(CSc3ncnc4sc5c(c34)CCC5)o2)cc1OC. The number of hydrogen-bond donors (Lipinski definition) is 0. The zero-order valence-corrected chi connectivity index (χ0v) is 17.6. The molecule has 0 N–H and O–H groups in total. The van der Waals surface area contributed by atoms with Crippen molar-refractivity contribution in [3.63, 3.8) is 0 Å². The average Bonchev–Trinajstić information content (AvgIpc) is 3.47. The van der Waals surface area contributed by atoms with E-state index in [4.69, 9.17) is 13.9 Å². The maximum absolute atomic E-state index is 5.87. The molecule has 0 saturated heterocycles. The van der Waals surface area contributed by atoms with Gasteiger partial charge in [-0.3, -0.25) is 0 Å². The molecule has 3 aromatic heterocycles. The highest BCUT2D eigenvalue weighted by molar-refractivity contribution is 7.98. The third kappa shape index (κ3) is 3.34. The van der Waals surface area contributed by atoms with Gasteiger partial charge in [0, 0.05) is 15.8 Å². The molecule has 148 valence electrons.